The van der Waals surface area contributed by atoms with E-state index in [1.807, 2.05) is 6.92 Å². The van der Waals surface area contributed by atoms with Crippen molar-refractivity contribution in [2.24, 2.45) is 0 Å². The molecule has 0 fully saturated rings. The van der Waals surface area contributed by atoms with Gasteiger partial charge in [0.1, 0.15) is 0 Å². The molecule has 0 bridgehead atoms. The van der Waals surface area contributed by atoms with Crippen molar-refractivity contribution in [1.82, 2.24) is 0 Å². The van der Waals surface area contributed by atoms with Crippen molar-refractivity contribution in [2.75, 3.05) is 0 Å². The maximum absolute atomic E-state index is 9.36. The predicted molar refractivity (Wildman–Crippen MR) is 83.8 cm³/mol. The fourth-order valence-electron chi connectivity index (χ4n) is 1.75. The van der Waals surface area contributed by atoms with Gasteiger partial charge in [-0.1, -0.05) is 32.9 Å². The van der Waals surface area contributed by atoms with Gasteiger partial charge in [-0.2, -0.15) is 0 Å². The smallest absolute Gasteiger partial charge is 0.192 e. The Morgan fingerprint density at radius 3 is 2.05 bits per heavy atom. The molecule has 0 atom stereocenters. The largest absolute Gasteiger partial charge is 0.413 e. The van der Waals surface area contributed by atoms with Gasteiger partial charge in [-0.15, -0.1) is 0 Å². The van der Waals surface area contributed by atoms with Crippen LogP contribution in [0.15, 0.2) is 12.1 Å². The van der Waals surface area contributed by atoms with Crippen LogP contribution in [-0.2, 0) is 17.6 Å². The van der Waals surface area contributed by atoms with Crippen molar-refractivity contribution in [1.29, 1.82) is 0 Å². The number of rotatable bonds is 4. The molecule has 1 N–H and O–H groups in total. The van der Waals surface area contributed by atoms with Gasteiger partial charge in [0.2, 0.25) is 0 Å². The third-order valence-corrected chi connectivity index (χ3v) is 8.84. The molecule has 19 heavy (non-hydrogen) atoms. The number of hydrogen-bond acceptors (Lipinski definition) is 2. The van der Waals surface area contributed by atoms with Crippen molar-refractivity contribution in [2.45, 2.75) is 66.0 Å². The van der Waals surface area contributed by atoms with E-state index in [1.165, 1.54) is 11.1 Å². The second-order valence-corrected chi connectivity index (χ2v) is 11.7. The molecular weight excluding hydrogens is 252 g/mol. The third kappa shape index (κ3) is 3.91. The average molecular weight is 280 g/mol. The minimum atomic E-state index is -1.71. The Kier molecular flexibility index (Phi) is 4.99. The van der Waals surface area contributed by atoms with E-state index in [1.54, 1.807) is 0 Å². The minimum absolute atomic E-state index is 0.0964. The summed E-state index contributed by atoms with van der Waals surface area (Å²) < 4.78 is 6.26. The molecule has 0 unspecified atom stereocenters. The van der Waals surface area contributed by atoms with E-state index in [2.05, 4.69) is 52.9 Å². The molecule has 1 aromatic rings. The van der Waals surface area contributed by atoms with Gasteiger partial charge in [-0.3, -0.25) is 0 Å². The van der Waals surface area contributed by atoms with E-state index in [0.29, 0.717) is 6.61 Å². The molecule has 0 spiro atoms. The number of benzene rings is 1. The average Bonchev–Trinajstić information content (AvgIpc) is 2.26. The minimum Gasteiger partial charge on any atom is -0.413 e. The Morgan fingerprint density at radius 1 is 1.05 bits per heavy atom. The summed E-state index contributed by atoms with van der Waals surface area (Å²) in [5.41, 5.74) is 4.59. The molecule has 0 saturated heterocycles. The molecule has 0 saturated carbocycles. The first-order valence-electron chi connectivity index (χ1n) is 6.92. The van der Waals surface area contributed by atoms with Crippen LogP contribution in [0.4, 0.5) is 0 Å². The molecule has 0 aliphatic rings. The van der Waals surface area contributed by atoms with E-state index >= 15 is 0 Å². The first-order valence-corrected chi connectivity index (χ1v) is 9.83. The van der Waals surface area contributed by atoms with Crippen LogP contribution in [0.5, 0.6) is 0 Å². The van der Waals surface area contributed by atoms with E-state index in [0.717, 1.165) is 11.1 Å². The van der Waals surface area contributed by atoms with Crippen molar-refractivity contribution in [3.63, 3.8) is 0 Å². The van der Waals surface area contributed by atoms with Gasteiger partial charge in [-0.05, 0) is 54.2 Å². The van der Waals surface area contributed by atoms with Gasteiger partial charge in [0, 0.05) is 0 Å². The van der Waals surface area contributed by atoms with Crippen LogP contribution in [0.3, 0.4) is 0 Å². The Bertz CT molecular complexity index is 445. The second kappa shape index (κ2) is 5.78. The highest BCUT2D eigenvalue weighted by molar-refractivity contribution is 6.74. The van der Waals surface area contributed by atoms with E-state index in [4.69, 9.17) is 4.43 Å². The zero-order chi connectivity index (χ0) is 14.8. The fraction of sp³-hybridized carbons (Fsp3) is 0.625. The van der Waals surface area contributed by atoms with Crippen molar-refractivity contribution >= 4 is 8.32 Å². The molecule has 1 aromatic carbocycles. The topological polar surface area (TPSA) is 29.5 Å². The highest BCUT2D eigenvalue weighted by Crippen LogP contribution is 2.37. The molecule has 0 heterocycles. The van der Waals surface area contributed by atoms with Crippen LogP contribution >= 0.6 is 0 Å². The van der Waals surface area contributed by atoms with Crippen LogP contribution in [-0.4, -0.2) is 13.4 Å². The number of aliphatic hydroxyl groups excluding tert-OH is 1. The lowest BCUT2D eigenvalue weighted by Crippen LogP contribution is -2.40. The molecule has 0 aliphatic heterocycles. The Morgan fingerprint density at radius 2 is 1.58 bits per heavy atom. The first kappa shape index (κ1) is 16.4. The molecule has 0 aliphatic carbocycles. The van der Waals surface area contributed by atoms with Crippen molar-refractivity contribution < 1.29 is 9.53 Å². The summed E-state index contributed by atoms with van der Waals surface area (Å²) in [5.74, 6) is 0. The van der Waals surface area contributed by atoms with Crippen LogP contribution in [0.25, 0.3) is 0 Å². The zero-order valence-corrected chi connectivity index (χ0v) is 14.4. The Hall–Kier alpha value is -0.643. The monoisotopic (exact) mass is 280 g/mol. The van der Waals surface area contributed by atoms with E-state index in [9.17, 15) is 5.11 Å². The lowest BCUT2D eigenvalue weighted by molar-refractivity contribution is 0.271. The van der Waals surface area contributed by atoms with Crippen LogP contribution in [0.1, 0.15) is 43.0 Å². The van der Waals surface area contributed by atoms with Gasteiger partial charge >= 0.3 is 0 Å². The van der Waals surface area contributed by atoms with E-state index < -0.39 is 8.32 Å². The number of aryl methyl sites for hydroxylation is 2. The summed E-state index contributed by atoms with van der Waals surface area (Å²) in [7, 11) is -1.71. The van der Waals surface area contributed by atoms with Gasteiger partial charge in [0.05, 0.1) is 13.2 Å². The van der Waals surface area contributed by atoms with Crippen molar-refractivity contribution in [3.8, 4) is 0 Å². The molecule has 0 radical (unpaired) electrons. The third-order valence-electron chi connectivity index (χ3n) is 4.36. The summed E-state index contributed by atoms with van der Waals surface area (Å²) in [6.07, 6.45) is 0. The van der Waals surface area contributed by atoms with Crippen LogP contribution in [0.2, 0.25) is 18.1 Å². The Balaban J connectivity index is 2.90. The lowest BCUT2D eigenvalue weighted by Gasteiger charge is -2.36. The molecule has 3 heteroatoms. The SMILES string of the molecule is Cc1cc(C)c(CO[Si](C)(C)C(C)(C)C)cc1CO. The number of hydrogen-bond donors (Lipinski definition) is 1. The molecular formula is C16H28O2Si. The second-order valence-electron chi connectivity index (χ2n) is 6.91. The predicted octanol–water partition coefficient (Wildman–Crippen LogP) is 4.32. The summed E-state index contributed by atoms with van der Waals surface area (Å²) in [4.78, 5) is 0. The molecule has 1 rings (SSSR count). The summed E-state index contributed by atoms with van der Waals surface area (Å²) in [5, 5.41) is 9.59. The standard InChI is InChI=1S/C16H28O2Si/c1-12-8-13(2)15(9-14(12)10-17)11-18-19(6,7)16(3,4)5/h8-9,17H,10-11H2,1-7H3. The van der Waals surface area contributed by atoms with Crippen LogP contribution < -0.4 is 0 Å². The van der Waals surface area contributed by atoms with Gasteiger partial charge in [0.15, 0.2) is 8.32 Å². The molecule has 2 nitrogen and oxygen atoms in total. The zero-order valence-electron chi connectivity index (χ0n) is 13.4. The van der Waals surface area contributed by atoms with Gasteiger partial charge in [0.25, 0.3) is 0 Å². The van der Waals surface area contributed by atoms with Crippen LogP contribution in [0, 0.1) is 13.8 Å². The van der Waals surface area contributed by atoms with E-state index in [-0.39, 0.29) is 11.6 Å². The quantitative estimate of drug-likeness (QED) is 0.832. The fourth-order valence-corrected chi connectivity index (χ4v) is 2.70. The molecule has 0 aromatic heterocycles. The molecule has 0 amide bonds. The van der Waals surface area contributed by atoms with Gasteiger partial charge in [-0.25, -0.2) is 0 Å². The summed E-state index contributed by atoms with van der Waals surface area (Å²) in [6.45, 7) is 16.2. The number of aliphatic hydroxyl groups is 1. The normalized spacial score (nSPS) is 12.8. The highest BCUT2D eigenvalue weighted by atomic mass is 28.4. The first-order chi connectivity index (χ1) is 8.58. The Labute approximate surface area is 118 Å². The lowest BCUT2D eigenvalue weighted by atomic mass is 10.0. The summed E-state index contributed by atoms with van der Waals surface area (Å²) >= 11 is 0. The molecule has 108 valence electrons. The van der Waals surface area contributed by atoms with Crippen molar-refractivity contribution in [3.05, 3.63) is 34.4 Å². The highest BCUT2D eigenvalue weighted by Gasteiger charge is 2.37. The summed E-state index contributed by atoms with van der Waals surface area (Å²) in [6, 6.07) is 4.22. The maximum Gasteiger partial charge on any atom is 0.192 e. The van der Waals surface area contributed by atoms with Gasteiger partial charge < -0.3 is 9.53 Å². The maximum atomic E-state index is 9.36.